The molecule has 126 valence electrons. The fraction of sp³-hybridized carbons (Fsp3) is 0.0526. The van der Waals surface area contributed by atoms with Crippen LogP contribution in [0.4, 0.5) is 5.69 Å². The van der Waals surface area contributed by atoms with E-state index >= 15 is 0 Å². The normalized spacial score (nSPS) is 10.3. The van der Waals surface area contributed by atoms with Gasteiger partial charge in [0.25, 0.3) is 0 Å². The molecule has 2 heterocycles. The van der Waals surface area contributed by atoms with Gasteiger partial charge >= 0.3 is 11.3 Å². The highest BCUT2D eigenvalue weighted by Crippen LogP contribution is 2.15. The number of para-hydroxylation sites is 2. The Kier molecular flexibility index (Phi) is 4.52. The van der Waals surface area contributed by atoms with Gasteiger partial charge in [-0.15, -0.1) is 0 Å². The quantitative estimate of drug-likeness (QED) is 0.536. The van der Waals surface area contributed by atoms with Gasteiger partial charge in [0.2, 0.25) is 5.75 Å². The molecule has 0 amide bonds. The highest BCUT2D eigenvalue weighted by molar-refractivity contribution is 5.79. The molecule has 4 aromatic rings. The summed E-state index contributed by atoms with van der Waals surface area (Å²) >= 11 is 0. The van der Waals surface area contributed by atoms with Crippen LogP contribution >= 0.6 is 0 Å². The van der Waals surface area contributed by atoms with Crippen molar-refractivity contribution >= 4 is 27.6 Å². The number of hydrogen-bond acceptors (Lipinski definition) is 6. The summed E-state index contributed by atoms with van der Waals surface area (Å²) in [6, 6.07) is 17.8. The molecule has 2 N–H and O–H groups in total. The number of anilines is 1. The molecule has 0 radical (unpaired) electrons. The molecule has 2 aromatic carbocycles. The van der Waals surface area contributed by atoms with Crippen molar-refractivity contribution in [1.82, 2.24) is 0 Å². The molecule has 0 fully saturated rings. The molecule has 6 heteroatoms. The Morgan fingerprint density at radius 2 is 1.32 bits per heavy atom. The summed E-state index contributed by atoms with van der Waals surface area (Å²) in [4.78, 5) is 22.1. The van der Waals surface area contributed by atoms with E-state index in [-0.39, 0.29) is 11.4 Å². The zero-order chi connectivity index (χ0) is 17.8. The summed E-state index contributed by atoms with van der Waals surface area (Å²) in [6.45, 7) is 0. The van der Waals surface area contributed by atoms with Crippen molar-refractivity contribution in [2.45, 2.75) is 0 Å². The average molecular weight is 337 g/mol. The molecular formula is C19H15NO5. The topological polar surface area (TPSA) is 95.7 Å². The monoisotopic (exact) mass is 337 g/mol. The van der Waals surface area contributed by atoms with Crippen LogP contribution in [0, 0.1) is 0 Å². The zero-order valence-electron chi connectivity index (χ0n) is 13.4. The fourth-order valence-electron chi connectivity index (χ4n) is 2.26. The first-order valence-electron chi connectivity index (χ1n) is 7.44. The fourth-order valence-corrected chi connectivity index (χ4v) is 2.26. The Hall–Kier alpha value is -3.54. The standard InChI is InChI=1S/C10H8O3.C9H7NO2/c1-12-9-6-7-4-2-3-5-8(7)13-10(9)11;10-7-5-6-3-1-2-4-8(6)12-9(7)11/h2-6H,1H3;1-5H,10H2. The van der Waals surface area contributed by atoms with E-state index in [4.69, 9.17) is 19.3 Å². The van der Waals surface area contributed by atoms with E-state index in [0.717, 1.165) is 10.8 Å². The Morgan fingerprint density at radius 1 is 0.800 bits per heavy atom. The molecule has 0 aliphatic carbocycles. The maximum atomic E-state index is 11.2. The minimum Gasteiger partial charge on any atom is -0.490 e. The van der Waals surface area contributed by atoms with Crippen LogP contribution in [0.2, 0.25) is 0 Å². The van der Waals surface area contributed by atoms with Crippen LogP contribution in [0.15, 0.2) is 79.1 Å². The lowest BCUT2D eigenvalue weighted by molar-refractivity contribution is 0.385. The summed E-state index contributed by atoms with van der Waals surface area (Å²) < 4.78 is 14.8. The van der Waals surface area contributed by atoms with Crippen LogP contribution in [-0.4, -0.2) is 7.11 Å². The molecule has 0 aliphatic rings. The van der Waals surface area contributed by atoms with E-state index in [9.17, 15) is 9.59 Å². The Balaban J connectivity index is 0.000000146. The number of nitrogens with two attached hydrogens (primary N) is 1. The number of ether oxygens (including phenoxy) is 1. The van der Waals surface area contributed by atoms with Crippen molar-refractivity contribution in [3.05, 3.63) is 81.5 Å². The van der Waals surface area contributed by atoms with Crippen LogP contribution < -0.4 is 21.7 Å². The van der Waals surface area contributed by atoms with Gasteiger partial charge in [0.05, 0.1) is 7.11 Å². The number of benzene rings is 2. The van der Waals surface area contributed by atoms with Crippen molar-refractivity contribution in [3.63, 3.8) is 0 Å². The van der Waals surface area contributed by atoms with Gasteiger partial charge in [-0.2, -0.15) is 0 Å². The van der Waals surface area contributed by atoms with Gasteiger partial charge in [-0.05, 0) is 24.3 Å². The maximum Gasteiger partial charge on any atom is 0.379 e. The van der Waals surface area contributed by atoms with Gasteiger partial charge in [0, 0.05) is 10.8 Å². The third-order valence-corrected chi connectivity index (χ3v) is 3.50. The predicted octanol–water partition coefficient (Wildman–Crippen LogP) is 3.18. The lowest BCUT2D eigenvalue weighted by atomic mass is 10.2. The molecule has 25 heavy (non-hydrogen) atoms. The molecule has 2 aromatic heterocycles. The summed E-state index contributed by atoms with van der Waals surface area (Å²) in [5.41, 5.74) is 5.75. The van der Waals surface area contributed by atoms with Crippen LogP contribution in [-0.2, 0) is 0 Å². The van der Waals surface area contributed by atoms with E-state index in [2.05, 4.69) is 0 Å². The zero-order valence-corrected chi connectivity index (χ0v) is 13.4. The SMILES string of the molecule is COc1cc2ccccc2oc1=O.Nc1cc2ccccc2oc1=O. The number of methoxy groups -OCH3 is 1. The van der Waals surface area contributed by atoms with Crippen molar-refractivity contribution in [3.8, 4) is 5.75 Å². The van der Waals surface area contributed by atoms with E-state index in [1.165, 1.54) is 7.11 Å². The van der Waals surface area contributed by atoms with Gasteiger partial charge in [-0.25, -0.2) is 9.59 Å². The lowest BCUT2D eigenvalue weighted by Gasteiger charge is -1.99. The number of hydrogen-bond donors (Lipinski definition) is 1. The first-order chi connectivity index (χ1) is 12.1. The van der Waals surface area contributed by atoms with Gasteiger partial charge < -0.3 is 19.3 Å². The van der Waals surface area contributed by atoms with Crippen molar-refractivity contribution in [2.24, 2.45) is 0 Å². The molecule has 0 saturated heterocycles. The number of fused-ring (bicyclic) bond motifs is 2. The van der Waals surface area contributed by atoms with E-state index in [0.29, 0.717) is 11.2 Å². The predicted molar refractivity (Wildman–Crippen MR) is 95.9 cm³/mol. The molecule has 0 saturated carbocycles. The summed E-state index contributed by atoms with van der Waals surface area (Å²) in [6.07, 6.45) is 0. The van der Waals surface area contributed by atoms with Crippen LogP contribution in [0.1, 0.15) is 0 Å². The molecular weight excluding hydrogens is 322 g/mol. The maximum absolute atomic E-state index is 11.2. The molecule has 6 nitrogen and oxygen atoms in total. The molecule has 0 bridgehead atoms. The minimum atomic E-state index is -0.478. The second kappa shape index (κ2) is 6.92. The Bertz CT molecular complexity index is 1140. The Labute approximate surface area is 142 Å². The van der Waals surface area contributed by atoms with Crippen molar-refractivity contribution in [2.75, 3.05) is 12.8 Å². The molecule has 0 unspecified atom stereocenters. The van der Waals surface area contributed by atoms with E-state index in [1.807, 2.05) is 36.4 Å². The van der Waals surface area contributed by atoms with Gasteiger partial charge in [-0.1, -0.05) is 36.4 Å². The van der Waals surface area contributed by atoms with Crippen LogP contribution in [0.5, 0.6) is 5.75 Å². The molecule has 0 aliphatic heterocycles. The highest BCUT2D eigenvalue weighted by atomic mass is 16.5. The van der Waals surface area contributed by atoms with Gasteiger partial charge in [-0.3, -0.25) is 0 Å². The van der Waals surface area contributed by atoms with Crippen molar-refractivity contribution < 1.29 is 13.6 Å². The van der Waals surface area contributed by atoms with Crippen LogP contribution in [0.3, 0.4) is 0 Å². The summed E-state index contributed by atoms with van der Waals surface area (Å²) in [7, 11) is 1.45. The molecule has 0 atom stereocenters. The van der Waals surface area contributed by atoms with Crippen molar-refractivity contribution in [1.29, 1.82) is 0 Å². The van der Waals surface area contributed by atoms with E-state index in [1.54, 1.807) is 24.3 Å². The minimum absolute atomic E-state index is 0.147. The summed E-state index contributed by atoms with van der Waals surface area (Å²) in [5.74, 6) is 0.235. The van der Waals surface area contributed by atoms with E-state index < -0.39 is 11.3 Å². The summed E-state index contributed by atoms with van der Waals surface area (Å²) in [5, 5.41) is 1.70. The number of rotatable bonds is 1. The second-order valence-electron chi connectivity index (χ2n) is 5.17. The molecule has 4 rings (SSSR count). The highest BCUT2D eigenvalue weighted by Gasteiger charge is 2.03. The van der Waals surface area contributed by atoms with Gasteiger partial charge in [0.15, 0.2) is 0 Å². The third kappa shape index (κ3) is 3.53. The molecule has 0 spiro atoms. The lowest BCUT2D eigenvalue weighted by Crippen LogP contribution is -2.05. The second-order valence-corrected chi connectivity index (χ2v) is 5.17. The third-order valence-electron chi connectivity index (χ3n) is 3.50. The average Bonchev–Trinajstić information content (AvgIpc) is 2.62. The van der Waals surface area contributed by atoms with Gasteiger partial charge in [0.1, 0.15) is 16.9 Å². The first-order valence-corrected chi connectivity index (χ1v) is 7.44. The first kappa shape index (κ1) is 16.3. The van der Waals surface area contributed by atoms with Crippen LogP contribution in [0.25, 0.3) is 21.9 Å². The number of nitrogen functional groups attached to an aromatic ring is 1. The Morgan fingerprint density at radius 3 is 1.92 bits per heavy atom. The largest absolute Gasteiger partial charge is 0.490 e. The smallest absolute Gasteiger partial charge is 0.379 e.